The highest BCUT2D eigenvalue weighted by molar-refractivity contribution is 6.19. The molecule has 0 saturated heterocycles. The van der Waals surface area contributed by atoms with Crippen LogP contribution in [-0.2, 0) is 9.59 Å². The van der Waals surface area contributed by atoms with E-state index in [1.54, 1.807) is 0 Å². The maximum Gasteiger partial charge on any atom is 0.203 e. The first kappa shape index (κ1) is 14.5. The molecule has 4 heteroatoms. The third kappa shape index (κ3) is 4.35. The van der Waals surface area contributed by atoms with Crippen LogP contribution in [0.15, 0.2) is 23.5 Å². The topological polar surface area (TPSA) is 58.2 Å². The van der Waals surface area contributed by atoms with Gasteiger partial charge in [0.1, 0.15) is 0 Å². The van der Waals surface area contributed by atoms with E-state index in [0.717, 1.165) is 38.8 Å². The van der Waals surface area contributed by atoms with Crippen molar-refractivity contribution in [3.63, 3.8) is 0 Å². The molecule has 0 radical (unpaired) electrons. The van der Waals surface area contributed by atoms with Gasteiger partial charge in [0.15, 0.2) is 0 Å². The molecule has 0 amide bonds. The molecule has 0 saturated carbocycles. The van der Waals surface area contributed by atoms with Crippen LogP contribution in [0.3, 0.4) is 0 Å². The fourth-order valence-corrected chi connectivity index (χ4v) is 1.64. The van der Waals surface area contributed by atoms with Crippen LogP contribution in [0.25, 0.3) is 0 Å². The van der Waals surface area contributed by atoms with Gasteiger partial charge in [0.05, 0.1) is 11.4 Å². The lowest BCUT2D eigenvalue weighted by atomic mass is 10.1. The third-order valence-corrected chi connectivity index (χ3v) is 2.77. The molecule has 100 valence electrons. The SMILES string of the molecule is CCCCNC1=CC(=O)C(NCCCC)=CC1=O. The molecule has 0 unspecified atom stereocenters. The standard InChI is InChI=1S/C14H22N2O2/c1-3-5-7-15-11-9-14(18)12(10-13(11)17)16-8-6-4-2/h9-10,15-16H,3-8H2,1-2H3. The minimum absolute atomic E-state index is 0.121. The van der Waals surface area contributed by atoms with E-state index in [-0.39, 0.29) is 11.6 Å². The summed E-state index contributed by atoms with van der Waals surface area (Å²) in [5, 5.41) is 6.02. The number of carbonyl (C=O) groups is 2. The van der Waals surface area contributed by atoms with Crippen LogP contribution in [0.5, 0.6) is 0 Å². The lowest BCUT2D eigenvalue weighted by Gasteiger charge is -2.15. The summed E-state index contributed by atoms with van der Waals surface area (Å²) in [4.78, 5) is 23.6. The van der Waals surface area contributed by atoms with Crippen molar-refractivity contribution in [1.82, 2.24) is 10.6 Å². The molecule has 0 spiro atoms. The molecule has 18 heavy (non-hydrogen) atoms. The first-order valence-electron chi connectivity index (χ1n) is 6.68. The monoisotopic (exact) mass is 250 g/mol. The summed E-state index contributed by atoms with van der Waals surface area (Å²) in [7, 11) is 0. The maximum absolute atomic E-state index is 11.8. The van der Waals surface area contributed by atoms with Crippen molar-refractivity contribution < 1.29 is 9.59 Å². The van der Waals surface area contributed by atoms with Gasteiger partial charge in [0.2, 0.25) is 11.6 Å². The zero-order valence-electron chi connectivity index (χ0n) is 11.2. The van der Waals surface area contributed by atoms with Crippen molar-refractivity contribution in [3.05, 3.63) is 23.5 Å². The molecule has 0 aromatic heterocycles. The van der Waals surface area contributed by atoms with Gasteiger partial charge in [0, 0.05) is 25.2 Å². The maximum atomic E-state index is 11.8. The zero-order chi connectivity index (χ0) is 13.4. The average Bonchev–Trinajstić information content (AvgIpc) is 2.35. The zero-order valence-corrected chi connectivity index (χ0v) is 11.2. The predicted octanol–water partition coefficient (Wildman–Crippen LogP) is 1.69. The lowest BCUT2D eigenvalue weighted by molar-refractivity contribution is -0.115. The Morgan fingerprint density at radius 1 is 0.833 bits per heavy atom. The number of hydrogen-bond donors (Lipinski definition) is 2. The number of hydrogen-bond acceptors (Lipinski definition) is 4. The van der Waals surface area contributed by atoms with Crippen LogP contribution in [0.1, 0.15) is 39.5 Å². The number of unbranched alkanes of at least 4 members (excludes halogenated alkanes) is 2. The van der Waals surface area contributed by atoms with Crippen molar-refractivity contribution in [1.29, 1.82) is 0 Å². The Morgan fingerprint density at radius 3 is 1.56 bits per heavy atom. The molecule has 4 nitrogen and oxygen atoms in total. The van der Waals surface area contributed by atoms with E-state index < -0.39 is 0 Å². The van der Waals surface area contributed by atoms with Gasteiger partial charge in [-0.25, -0.2) is 0 Å². The largest absolute Gasteiger partial charge is 0.382 e. The van der Waals surface area contributed by atoms with Crippen molar-refractivity contribution in [2.45, 2.75) is 39.5 Å². The summed E-state index contributed by atoms with van der Waals surface area (Å²) in [6, 6.07) is 0. The smallest absolute Gasteiger partial charge is 0.203 e. The molecule has 0 aromatic carbocycles. The van der Waals surface area contributed by atoms with Crippen LogP contribution in [-0.4, -0.2) is 24.7 Å². The van der Waals surface area contributed by atoms with Crippen molar-refractivity contribution in [2.24, 2.45) is 0 Å². The molecule has 0 fully saturated rings. The highest BCUT2D eigenvalue weighted by Gasteiger charge is 2.19. The molecule has 1 rings (SSSR count). The van der Waals surface area contributed by atoms with Crippen LogP contribution in [0, 0.1) is 0 Å². The second kappa shape index (κ2) is 7.69. The molecule has 0 aliphatic heterocycles. The second-order valence-electron chi connectivity index (χ2n) is 4.41. The van der Waals surface area contributed by atoms with Gasteiger partial charge in [-0.1, -0.05) is 26.7 Å². The fraction of sp³-hybridized carbons (Fsp3) is 0.571. The number of allylic oxidation sites excluding steroid dienone is 2. The highest BCUT2D eigenvalue weighted by Crippen LogP contribution is 2.08. The normalized spacial score (nSPS) is 15.2. The van der Waals surface area contributed by atoms with Crippen molar-refractivity contribution in [2.75, 3.05) is 13.1 Å². The Morgan fingerprint density at radius 2 is 1.22 bits per heavy atom. The van der Waals surface area contributed by atoms with E-state index >= 15 is 0 Å². The highest BCUT2D eigenvalue weighted by atomic mass is 16.1. The first-order chi connectivity index (χ1) is 8.69. The fourth-order valence-electron chi connectivity index (χ4n) is 1.64. The van der Waals surface area contributed by atoms with Crippen LogP contribution >= 0.6 is 0 Å². The Bertz CT molecular complexity index is 334. The van der Waals surface area contributed by atoms with E-state index in [0.29, 0.717) is 11.4 Å². The Hall–Kier alpha value is -1.58. The van der Waals surface area contributed by atoms with Gasteiger partial charge >= 0.3 is 0 Å². The van der Waals surface area contributed by atoms with Crippen LogP contribution in [0.2, 0.25) is 0 Å². The van der Waals surface area contributed by atoms with E-state index in [9.17, 15) is 9.59 Å². The molecule has 0 atom stereocenters. The van der Waals surface area contributed by atoms with E-state index in [2.05, 4.69) is 24.5 Å². The summed E-state index contributed by atoms with van der Waals surface area (Å²) in [5.41, 5.74) is 0.823. The number of nitrogens with one attached hydrogen (secondary N) is 2. The Kier molecular flexibility index (Phi) is 6.19. The Balaban J connectivity index is 2.51. The number of rotatable bonds is 8. The van der Waals surface area contributed by atoms with E-state index in [4.69, 9.17) is 0 Å². The van der Waals surface area contributed by atoms with Gasteiger partial charge in [-0.2, -0.15) is 0 Å². The molecule has 1 aliphatic rings. The average molecular weight is 250 g/mol. The molecule has 2 N–H and O–H groups in total. The molecular weight excluding hydrogens is 228 g/mol. The summed E-state index contributed by atoms with van der Waals surface area (Å²) >= 11 is 0. The minimum Gasteiger partial charge on any atom is -0.382 e. The lowest BCUT2D eigenvalue weighted by Crippen LogP contribution is -2.30. The quantitative estimate of drug-likeness (QED) is 0.508. The van der Waals surface area contributed by atoms with Gasteiger partial charge in [-0.05, 0) is 12.8 Å². The van der Waals surface area contributed by atoms with Gasteiger partial charge in [0.25, 0.3) is 0 Å². The van der Waals surface area contributed by atoms with Gasteiger partial charge in [-0.15, -0.1) is 0 Å². The molecular formula is C14H22N2O2. The van der Waals surface area contributed by atoms with E-state index in [1.165, 1.54) is 12.2 Å². The summed E-state index contributed by atoms with van der Waals surface area (Å²) in [5.74, 6) is -0.241. The van der Waals surface area contributed by atoms with Crippen LogP contribution < -0.4 is 10.6 Å². The van der Waals surface area contributed by atoms with Crippen molar-refractivity contribution in [3.8, 4) is 0 Å². The first-order valence-corrected chi connectivity index (χ1v) is 6.68. The van der Waals surface area contributed by atoms with Gasteiger partial charge < -0.3 is 10.6 Å². The molecule has 0 aromatic rings. The summed E-state index contributed by atoms with van der Waals surface area (Å²) in [6.45, 7) is 5.63. The predicted molar refractivity (Wildman–Crippen MR) is 72.0 cm³/mol. The molecule has 1 aliphatic carbocycles. The van der Waals surface area contributed by atoms with Crippen LogP contribution in [0.4, 0.5) is 0 Å². The minimum atomic E-state index is -0.121. The summed E-state index contributed by atoms with van der Waals surface area (Å²) in [6.07, 6.45) is 6.89. The Labute approximate surface area is 109 Å². The number of ketones is 2. The second-order valence-corrected chi connectivity index (χ2v) is 4.41. The molecule has 0 bridgehead atoms. The third-order valence-electron chi connectivity index (χ3n) is 2.77. The summed E-state index contributed by atoms with van der Waals surface area (Å²) < 4.78 is 0. The van der Waals surface area contributed by atoms with Gasteiger partial charge in [-0.3, -0.25) is 9.59 Å². The number of carbonyl (C=O) groups excluding carboxylic acids is 2. The van der Waals surface area contributed by atoms with Crippen molar-refractivity contribution >= 4 is 11.6 Å². The van der Waals surface area contributed by atoms with E-state index in [1.807, 2.05) is 0 Å². The molecule has 0 heterocycles.